The summed E-state index contributed by atoms with van der Waals surface area (Å²) < 4.78 is 5.41. The number of carboxylic acid groups (broad SMARTS) is 1. The van der Waals surface area contributed by atoms with Crippen LogP contribution >= 0.6 is 11.6 Å². The number of amides is 1. The molecule has 1 N–H and O–H groups in total. The van der Waals surface area contributed by atoms with Crippen molar-refractivity contribution in [2.75, 3.05) is 20.2 Å². The van der Waals surface area contributed by atoms with Gasteiger partial charge in [-0.25, -0.2) is 4.79 Å². The van der Waals surface area contributed by atoms with Crippen molar-refractivity contribution in [3.8, 4) is 5.75 Å². The third kappa shape index (κ3) is 5.92. The topological polar surface area (TPSA) is 66.8 Å². The molecule has 5 nitrogen and oxygen atoms in total. The highest BCUT2D eigenvalue weighted by molar-refractivity contribution is 6.30. The van der Waals surface area contributed by atoms with Gasteiger partial charge in [0.25, 0.3) is 0 Å². The number of rotatable bonds is 6. The maximum absolute atomic E-state index is 11.4. The van der Waals surface area contributed by atoms with Gasteiger partial charge in [0, 0.05) is 24.2 Å². The van der Waals surface area contributed by atoms with Gasteiger partial charge in [-0.1, -0.05) is 11.6 Å². The highest BCUT2D eigenvalue weighted by Crippen LogP contribution is 2.15. The van der Waals surface area contributed by atoms with Crippen molar-refractivity contribution in [2.45, 2.75) is 0 Å². The molecule has 102 valence electrons. The molecule has 0 aliphatic heterocycles. The van der Waals surface area contributed by atoms with Crippen LogP contribution in [0.5, 0.6) is 5.75 Å². The van der Waals surface area contributed by atoms with E-state index < -0.39 is 5.97 Å². The molecule has 1 aromatic rings. The summed E-state index contributed by atoms with van der Waals surface area (Å²) in [6.45, 7) is 0.663. The van der Waals surface area contributed by atoms with Crippen LogP contribution in [-0.2, 0) is 9.59 Å². The molecular weight excluding hydrogens is 270 g/mol. The maximum Gasteiger partial charge on any atom is 0.328 e. The Morgan fingerprint density at radius 1 is 1.32 bits per heavy atom. The lowest BCUT2D eigenvalue weighted by Gasteiger charge is -2.15. The first-order chi connectivity index (χ1) is 8.99. The minimum Gasteiger partial charge on any atom is -0.492 e. The normalized spacial score (nSPS) is 10.4. The summed E-state index contributed by atoms with van der Waals surface area (Å²) in [6.07, 6.45) is 1.81. The number of carbonyl (C=O) groups excluding carboxylic acids is 1. The number of likely N-dealkylation sites (N-methyl/N-ethyl adjacent to an activating group) is 1. The molecule has 0 aliphatic carbocycles. The summed E-state index contributed by atoms with van der Waals surface area (Å²) in [5.74, 6) is -0.882. The molecule has 0 aromatic heterocycles. The van der Waals surface area contributed by atoms with Gasteiger partial charge in [0.15, 0.2) is 0 Å². The number of benzene rings is 1. The van der Waals surface area contributed by atoms with Crippen LogP contribution in [-0.4, -0.2) is 42.1 Å². The molecule has 0 fully saturated rings. The SMILES string of the molecule is CN(CCOc1ccc(Cl)cc1)C(=O)/C=C/C(=O)O. The molecule has 0 radical (unpaired) electrons. The molecule has 0 aliphatic rings. The van der Waals surface area contributed by atoms with Crippen molar-refractivity contribution < 1.29 is 19.4 Å². The summed E-state index contributed by atoms with van der Waals surface area (Å²) in [6, 6.07) is 6.88. The second kappa shape index (κ2) is 7.43. The first-order valence-corrected chi connectivity index (χ1v) is 5.91. The Bertz CT molecular complexity index is 470. The second-order valence-electron chi connectivity index (χ2n) is 3.73. The number of ether oxygens (including phenoxy) is 1. The summed E-state index contributed by atoms with van der Waals surface area (Å²) in [4.78, 5) is 23.1. The van der Waals surface area contributed by atoms with E-state index in [-0.39, 0.29) is 5.91 Å². The van der Waals surface area contributed by atoms with E-state index >= 15 is 0 Å². The van der Waals surface area contributed by atoms with Crippen LogP contribution in [0.15, 0.2) is 36.4 Å². The van der Waals surface area contributed by atoms with Crippen molar-refractivity contribution in [3.05, 3.63) is 41.4 Å². The molecule has 0 atom stereocenters. The minimum atomic E-state index is -1.15. The Labute approximate surface area is 116 Å². The predicted octanol–water partition coefficient (Wildman–Crippen LogP) is 1.82. The standard InChI is InChI=1S/C13H14ClNO4/c1-15(12(16)6-7-13(17)18)8-9-19-11-4-2-10(14)3-5-11/h2-7H,8-9H2,1H3,(H,17,18)/b7-6+. The summed E-state index contributed by atoms with van der Waals surface area (Å²) in [5, 5.41) is 9.02. The first kappa shape index (κ1) is 15.0. The van der Waals surface area contributed by atoms with E-state index in [1.54, 1.807) is 31.3 Å². The first-order valence-electron chi connectivity index (χ1n) is 5.53. The fraction of sp³-hybridized carbons (Fsp3) is 0.231. The van der Waals surface area contributed by atoms with Crippen molar-refractivity contribution in [1.82, 2.24) is 4.90 Å². The Morgan fingerprint density at radius 3 is 2.53 bits per heavy atom. The second-order valence-corrected chi connectivity index (χ2v) is 4.17. The lowest BCUT2D eigenvalue weighted by molar-refractivity contribution is -0.132. The number of carboxylic acids is 1. The van der Waals surface area contributed by atoms with Gasteiger partial charge in [0.2, 0.25) is 5.91 Å². The zero-order valence-electron chi connectivity index (χ0n) is 10.4. The molecule has 0 heterocycles. The van der Waals surface area contributed by atoms with Crippen molar-refractivity contribution >= 4 is 23.5 Å². The molecule has 6 heteroatoms. The third-order valence-electron chi connectivity index (χ3n) is 2.25. The molecule has 0 unspecified atom stereocenters. The van der Waals surface area contributed by atoms with Crippen LogP contribution < -0.4 is 4.74 Å². The monoisotopic (exact) mass is 283 g/mol. The fourth-order valence-corrected chi connectivity index (χ4v) is 1.34. The maximum atomic E-state index is 11.4. The quantitative estimate of drug-likeness (QED) is 0.809. The van der Waals surface area contributed by atoms with Crippen LogP contribution in [0.3, 0.4) is 0 Å². The van der Waals surface area contributed by atoms with Gasteiger partial charge >= 0.3 is 5.97 Å². The molecule has 0 bridgehead atoms. The van der Waals surface area contributed by atoms with Crippen molar-refractivity contribution in [3.63, 3.8) is 0 Å². The van der Waals surface area contributed by atoms with Crippen LogP contribution in [0.4, 0.5) is 0 Å². The largest absolute Gasteiger partial charge is 0.492 e. The van der Waals surface area contributed by atoms with E-state index in [2.05, 4.69) is 0 Å². The van der Waals surface area contributed by atoms with Crippen LogP contribution in [0.1, 0.15) is 0 Å². The van der Waals surface area contributed by atoms with E-state index in [0.717, 1.165) is 12.2 Å². The molecule has 0 saturated carbocycles. The van der Waals surface area contributed by atoms with Crippen molar-refractivity contribution in [2.24, 2.45) is 0 Å². The number of nitrogens with zero attached hydrogens (tertiary/aromatic N) is 1. The molecule has 0 spiro atoms. The Hall–Kier alpha value is -2.01. The molecule has 1 aromatic carbocycles. The van der Waals surface area contributed by atoms with Crippen molar-refractivity contribution in [1.29, 1.82) is 0 Å². The van der Waals surface area contributed by atoms with Crippen LogP contribution in [0.2, 0.25) is 5.02 Å². The van der Waals surface area contributed by atoms with E-state index in [4.69, 9.17) is 21.4 Å². The highest BCUT2D eigenvalue weighted by Gasteiger charge is 2.05. The third-order valence-corrected chi connectivity index (χ3v) is 2.51. The summed E-state index contributed by atoms with van der Waals surface area (Å²) in [5.41, 5.74) is 0. The van der Waals surface area contributed by atoms with Gasteiger partial charge in [0.1, 0.15) is 12.4 Å². The highest BCUT2D eigenvalue weighted by atomic mass is 35.5. The van der Waals surface area contributed by atoms with E-state index in [1.807, 2.05) is 0 Å². The molecular formula is C13H14ClNO4. The van der Waals surface area contributed by atoms with Gasteiger partial charge < -0.3 is 14.7 Å². The number of carbonyl (C=O) groups is 2. The van der Waals surface area contributed by atoms with E-state index in [1.165, 1.54) is 4.90 Å². The van der Waals surface area contributed by atoms with Gasteiger partial charge in [-0.3, -0.25) is 4.79 Å². The van der Waals surface area contributed by atoms with Gasteiger partial charge in [-0.2, -0.15) is 0 Å². The molecule has 0 saturated heterocycles. The molecule has 19 heavy (non-hydrogen) atoms. The van der Waals surface area contributed by atoms with Gasteiger partial charge in [0.05, 0.1) is 6.54 Å². The smallest absolute Gasteiger partial charge is 0.328 e. The average molecular weight is 284 g/mol. The fourth-order valence-electron chi connectivity index (χ4n) is 1.21. The minimum absolute atomic E-state index is 0.310. The van der Waals surface area contributed by atoms with E-state index in [9.17, 15) is 9.59 Å². The Kier molecular flexibility index (Phi) is 5.89. The van der Waals surface area contributed by atoms with Crippen LogP contribution in [0.25, 0.3) is 0 Å². The summed E-state index contributed by atoms with van der Waals surface area (Å²) in [7, 11) is 1.57. The van der Waals surface area contributed by atoms with Crippen LogP contribution in [0, 0.1) is 0 Å². The predicted molar refractivity (Wildman–Crippen MR) is 71.4 cm³/mol. The Balaban J connectivity index is 2.34. The lowest BCUT2D eigenvalue weighted by atomic mass is 10.3. The zero-order chi connectivity index (χ0) is 14.3. The summed E-state index contributed by atoms with van der Waals surface area (Å²) >= 11 is 5.73. The average Bonchev–Trinajstić information content (AvgIpc) is 2.38. The molecule has 1 rings (SSSR count). The number of aliphatic carboxylic acids is 1. The number of hydrogen-bond acceptors (Lipinski definition) is 3. The Morgan fingerprint density at radius 2 is 1.95 bits per heavy atom. The zero-order valence-corrected chi connectivity index (χ0v) is 11.1. The lowest BCUT2D eigenvalue weighted by Crippen LogP contribution is -2.29. The van der Waals surface area contributed by atoms with Gasteiger partial charge in [-0.15, -0.1) is 0 Å². The number of hydrogen-bond donors (Lipinski definition) is 1. The van der Waals surface area contributed by atoms with Gasteiger partial charge in [-0.05, 0) is 24.3 Å². The van der Waals surface area contributed by atoms with E-state index in [0.29, 0.717) is 23.9 Å². The number of halogens is 1. The molecule has 1 amide bonds.